The summed E-state index contributed by atoms with van der Waals surface area (Å²) >= 11 is 5.93. The second-order valence-corrected chi connectivity index (χ2v) is 4.41. The van der Waals surface area contributed by atoms with Crippen LogP contribution >= 0.6 is 11.6 Å². The van der Waals surface area contributed by atoms with Gasteiger partial charge in [0.25, 0.3) is 0 Å². The van der Waals surface area contributed by atoms with Crippen LogP contribution in [0, 0.1) is 12.3 Å². The normalized spacial score (nSPS) is 10.1. The average Bonchev–Trinajstić information content (AvgIpc) is 2.74. The van der Waals surface area contributed by atoms with Crippen molar-refractivity contribution in [3.05, 3.63) is 35.0 Å². The van der Waals surface area contributed by atoms with Gasteiger partial charge in [-0.1, -0.05) is 23.6 Å². The maximum absolute atomic E-state index is 11.6. The minimum atomic E-state index is -0.215. The van der Waals surface area contributed by atoms with E-state index in [1.54, 1.807) is 29.0 Å². The number of amides is 1. The number of nitrogens with zero attached hydrogens (tertiary/aromatic N) is 1. The highest BCUT2D eigenvalue weighted by atomic mass is 35.5. The molecule has 1 aromatic heterocycles. The van der Waals surface area contributed by atoms with Gasteiger partial charge in [-0.25, -0.2) is 0 Å². The first-order valence-electron chi connectivity index (χ1n) is 5.59. The van der Waals surface area contributed by atoms with Crippen LogP contribution in [-0.4, -0.2) is 23.3 Å². The Bertz CT molecular complexity index is 683. The second kappa shape index (κ2) is 5.59. The van der Waals surface area contributed by atoms with Crippen molar-refractivity contribution in [1.29, 1.82) is 0 Å². The van der Waals surface area contributed by atoms with E-state index in [0.717, 1.165) is 17.2 Å². The molecule has 0 saturated heterocycles. The molecule has 0 unspecified atom stereocenters. The van der Waals surface area contributed by atoms with E-state index in [1.807, 2.05) is 0 Å². The number of aldehydes is 1. The Balaban J connectivity index is 2.37. The molecule has 0 radical (unpaired) electrons. The van der Waals surface area contributed by atoms with Crippen LogP contribution in [0.1, 0.15) is 10.4 Å². The summed E-state index contributed by atoms with van der Waals surface area (Å²) in [6.45, 7) is 0.270. The van der Waals surface area contributed by atoms with Crippen LogP contribution in [0.2, 0.25) is 5.02 Å². The van der Waals surface area contributed by atoms with Crippen molar-refractivity contribution in [2.24, 2.45) is 0 Å². The molecule has 0 atom stereocenters. The molecule has 19 heavy (non-hydrogen) atoms. The van der Waals surface area contributed by atoms with Crippen LogP contribution in [-0.2, 0) is 11.3 Å². The number of nitrogens with one attached hydrogen (secondary N) is 1. The van der Waals surface area contributed by atoms with Crippen molar-refractivity contribution >= 4 is 34.7 Å². The van der Waals surface area contributed by atoms with E-state index in [9.17, 15) is 9.59 Å². The first-order chi connectivity index (χ1) is 9.15. The molecule has 2 rings (SSSR count). The summed E-state index contributed by atoms with van der Waals surface area (Å²) in [5, 5.41) is 3.89. The van der Waals surface area contributed by atoms with Gasteiger partial charge in [-0.15, -0.1) is 6.42 Å². The van der Waals surface area contributed by atoms with Gasteiger partial charge in [-0.05, 0) is 12.1 Å². The molecule has 0 saturated carbocycles. The predicted molar refractivity (Wildman–Crippen MR) is 74.2 cm³/mol. The molecule has 0 aliphatic heterocycles. The van der Waals surface area contributed by atoms with Gasteiger partial charge in [0, 0.05) is 22.2 Å². The molecule has 0 aliphatic carbocycles. The van der Waals surface area contributed by atoms with Gasteiger partial charge < -0.3 is 9.88 Å². The molecule has 1 amide bonds. The van der Waals surface area contributed by atoms with Gasteiger partial charge in [0.1, 0.15) is 6.54 Å². The summed E-state index contributed by atoms with van der Waals surface area (Å²) in [6.07, 6.45) is 7.46. The Kier molecular flexibility index (Phi) is 3.88. The van der Waals surface area contributed by atoms with Gasteiger partial charge in [-0.3, -0.25) is 9.59 Å². The lowest BCUT2D eigenvalue weighted by Gasteiger charge is -2.05. The maximum atomic E-state index is 11.6. The number of hydrogen-bond acceptors (Lipinski definition) is 2. The van der Waals surface area contributed by atoms with E-state index >= 15 is 0 Å². The average molecular weight is 275 g/mol. The van der Waals surface area contributed by atoms with Crippen LogP contribution in [0.5, 0.6) is 0 Å². The molecule has 2 aromatic rings. The van der Waals surface area contributed by atoms with Gasteiger partial charge in [0.15, 0.2) is 6.29 Å². The number of carbonyl (C=O) groups excluding carboxylic acids is 2. The number of rotatable bonds is 4. The summed E-state index contributed by atoms with van der Waals surface area (Å²) in [7, 11) is 0. The van der Waals surface area contributed by atoms with Crippen LogP contribution in [0.3, 0.4) is 0 Å². The molecule has 4 nitrogen and oxygen atoms in total. The van der Waals surface area contributed by atoms with E-state index in [1.165, 1.54) is 0 Å². The smallest absolute Gasteiger partial charge is 0.240 e. The molecule has 1 N–H and O–H groups in total. The molecule has 0 aliphatic rings. The zero-order chi connectivity index (χ0) is 13.8. The Hall–Kier alpha value is -2.25. The van der Waals surface area contributed by atoms with E-state index in [4.69, 9.17) is 18.0 Å². The van der Waals surface area contributed by atoms with Crippen LogP contribution < -0.4 is 5.32 Å². The molecule has 0 spiro atoms. The predicted octanol–water partition coefficient (Wildman–Crippen LogP) is 1.86. The monoisotopic (exact) mass is 274 g/mol. The molecule has 96 valence electrons. The van der Waals surface area contributed by atoms with Crippen molar-refractivity contribution < 1.29 is 9.59 Å². The lowest BCUT2D eigenvalue weighted by molar-refractivity contribution is -0.121. The topological polar surface area (TPSA) is 51.1 Å². The number of fused-ring (bicyclic) bond motifs is 1. The van der Waals surface area contributed by atoms with E-state index in [2.05, 4.69) is 11.2 Å². The van der Waals surface area contributed by atoms with Gasteiger partial charge in [0.2, 0.25) is 5.91 Å². The van der Waals surface area contributed by atoms with Crippen molar-refractivity contribution in [1.82, 2.24) is 9.88 Å². The fraction of sp³-hybridized carbons (Fsp3) is 0.143. The van der Waals surface area contributed by atoms with Crippen molar-refractivity contribution in [3.63, 3.8) is 0 Å². The number of hydrogen-bond donors (Lipinski definition) is 1. The van der Waals surface area contributed by atoms with Crippen LogP contribution in [0.4, 0.5) is 0 Å². The number of carbonyl (C=O) groups is 2. The largest absolute Gasteiger partial charge is 0.344 e. The molecular formula is C14H11ClN2O2. The van der Waals surface area contributed by atoms with Crippen molar-refractivity contribution in [3.8, 4) is 12.3 Å². The summed E-state index contributed by atoms with van der Waals surface area (Å²) < 4.78 is 1.68. The molecule has 0 bridgehead atoms. The minimum Gasteiger partial charge on any atom is -0.344 e. The zero-order valence-corrected chi connectivity index (χ0v) is 10.8. The van der Waals surface area contributed by atoms with E-state index in [-0.39, 0.29) is 19.0 Å². The van der Waals surface area contributed by atoms with Gasteiger partial charge in [-0.2, -0.15) is 0 Å². The molecule has 5 heteroatoms. The fourth-order valence-electron chi connectivity index (χ4n) is 1.88. The third-order valence-corrected chi connectivity index (χ3v) is 2.94. The lowest BCUT2D eigenvalue weighted by atomic mass is 10.2. The lowest BCUT2D eigenvalue weighted by Crippen LogP contribution is -2.27. The Morgan fingerprint density at radius 1 is 1.53 bits per heavy atom. The third kappa shape index (κ3) is 2.78. The highest BCUT2D eigenvalue weighted by Gasteiger charge is 2.10. The summed E-state index contributed by atoms with van der Waals surface area (Å²) in [6, 6.07) is 5.19. The number of aromatic nitrogens is 1. The SMILES string of the molecule is C#CCNC(=O)Cn1cc(C=O)c2ccc(Cl)cc21. The van der Waals surface area contributed by atoms with Crippen LogP contribution in [0.25, 0.3) is 10.9 Å². The summed E-state index contributed by atoms with van der Waals surface area (Å²) in [5.74, 6) is 2.11. The number of benzene rings is 1. The van der Waals surface area contributed by atoms with Gasteiger partial charge in [0.05, 0.1) is 12.1 Å². The molecule has 1 aromatic carbocycles. The highest BCUT2D eigenvalue weighted by Crippen LogP contribution is 2.23. The van der Waals surface area contributed by atoms with Crippen LogP contribution in [0.15, 0.2) is 24.4 Å². The first kappa shape index (κ1) is 13.2. The molecule has 1 heterocycles. The standard InChI is InChI=1S/C14H11ClN2O2/c1-2-5-16-14(19)8-17-7-10(9-18)12-4-3-11(15)6-13(12)17/h1,3-4,6-7,9H,5,8H2,(H,16,19). The van der Waals surface area contributed by atoms with Crippen molar-refractivity contribution in [2.45, 2.75) is 6.54 Å². The third-order valence-electron chi connectivity index (χ3n) is 2.70. The van der Waals surface area contributed by atoms with Crippen molar-refractivity contribution in [2.75, 3.05) is 6.54 Å². The molecule has 0 fully saturated rings. The van der Waals surface area contributed by atoms with E-state index < -0.39 is 0 Å². The second-order valence-electron chi connectivity index (χ2n) is 3.97. The summed E-state index contributed by atoms with van der Waals surface area (Å²) in [4.78, 5) is 22.7. The highest BCUT2D eigenvalue weighted by molar-refractivity contribution is 6.31. The number of terminal acetylenes is 1. The zero-order valence-electron chi connectivity index (χ0n) is 10.0. The van der Waals surface area contributed by atoms with E-state index in [0.29, 0.717) is 10.6 Å². The maximum Gasteiger partial charge on any atom is 0.240 e. The Labute approximate surface area is 115 Å². The minimum absolute atomic E-state index is 0.0896. The fourth-order valence-corrected chi connectivity index (χ4v) is 2.04. The Morgan fingerprint density at radius 3 is 3.00 bits per heavy atom. The Morgan fingerprint density at radius 2 is 2.32 bits per heavy atom. The molecular weight excluding hydrogens is 264 g/mol. The quantitative estimate of drug-likeness (QED) is 0.683. The first-order valence-corrected chi connectivity index (χ1v) is 5.97. The summed E-state index contributed by atoms with van der Waals surface area (Å²) in [5.41, 5.74) is 1.27. The number of halogens is 1. The van der Waals surface area contributed by atoms with Gasteiger partial charge >= 0.3 is 0 Å².